The molecule has 86 valence electrons. The van der Waals surface area contributed by atoms with Gasteiger partial charge in [-0.1, -0.05) is 12.1 Å². The molecule has 0 aliphatic heterocycles. The highest BCUT2D eigenvalue weighted by Crippen LogP contribution is 2.15. The van der Waals surface area contributed by atoms with E-state index in [1.807, 2.05) is 6.07 Å². The summed E-state index contributed by atoms with van der Waals surface area (Å²) in [5.41, 5.74) is 1.28. The van der Waals surface area contributed by atoms with Crippen LogP contribution in [0.2, 0.25) is 0 Å². The highest BCUT2D eigenvalue weighted by Gasteiger charge is 2.18. The molecule has 1 aromatic carbocycles. The van der Waals surface area contributed by atoms with Crippen LogP contribution >= 0.6 is 0 Å². The minimum absolute atomic E-state index is 0.272. The number of carbonyl (C=O) groups excluding carboxylic acids is 2. The number of esters is 1. The molecule has 0 heterocycles. The average molecular weight is 230 g/mol. The summed E-state index contributed by atoms with van der Waals surface area (Å²) in [7, 11) is 1.24. The van der Waals surface area contributed by atoms with Crippen molar-refractivity contribution < 1.29 is 14.3 Å². The van der Waals surface area contributed by atoms with Crippen LogP contribution in [0.5, 0.6) is 0 Å². The number of benzene rings is 1. The standard InChI is InChI=1S/C12H10N2O3/c1-17-12(16)10(7-13)6-9-2-4-11(5-3-9)14-8-15/h2-5,10H,6H2,1H3. The first-order valence-corrected chi connectivity index (χ1v) is 4.85. The van der Waals surface area contributed by atoms with Crippen LogP contribution in [0.3, 0.4) is 0 Å². The van der Waals surface area contributed by atoms with Crippen molar-refractivity contribution in [2.45, 2.75) is 6.42 Å². The quantitative estimate of drug-likeness (QED) is 0.446. The molecule has 0 aromatic heterocycles. The van der Waals surface area contributed by atoms with Crippen LogP contribution in [0.1, 0.15) is 5.56 Å². The predicted molar refractivity (Wildman–Crippen MR) is 59.0 cm³/mol. The maximum Gasteiger partial charge on any atom is 0.323 e. The third kappa shape index (κ3) is 3.56. The second-order valence-electron chi connectivity index (χ2n) is 3.28. The maximum atomic E-state index is 11.2. The summed E-state index contributed by atoms with van der Waals surface area (Å²) in [4.78, 5) is 24.7. The van der Waals surface area contributed by atoms with Gasteiger partial charge in [-0.05, 0) is 24.1 Å². The van der Waals surface area contributed by atoms with E-state index in [0.29, 0.717) is 5.69 Å². The van der Waals surface area contributed by atoms with E-state index in [0.717, 1.165) is 5.56 Å². The zero-order chi connectivity index (χ0) is 12.7. The van der Waals surface area contributed by atoms with Crippen molar-refractivity contribution in [2.24, 2.45) is 10.9 Å². The Hall–Kier alpha value is -2.44. The lowest BCUT2D eigenvalue weighted by molar-refractivity contribution is -0.143. The molecule has 0 radical (unpaired) electrons. The Balaban J connectivity index is 2.78. The first-order chi connectivity index (χ1) is 8.21. The molecular weight excluding hydrogens is 220 g/mol. The highest BCUT2D eigenvalue weighted by molar-refractivity contribution is 5.75. The first-order valence-electron chi connectivity index (χ1n) is 4.85. The van der Waals surface area contributed by atoms with Crippen LogP contribution in [0, 0.1) is 17.2 Å². The van der Waals surface area contributed by atoms with Gasteiger partial charge in [0.15, 0.2) is 0 Å². The molecule has 5 heteroatoms. The largest absolute Gasteiger partial charge is 0.468 e. The van der Waals surface area contributed by atoms with E-state index in [1.165, 1.54) is 13.2 Å². The summed E-state index contributed by atoms with van der Waals surface area (Å²) < 4.78 is 4.51. The van der Waals surface area contributed by atoms with Crippen LogP contribution in [0.4, 0.5) is 5.69 Å². The molecule has 17 heavy (non-hydrogen) atoms. The van der Waals surface area contributed by atoms with Crippen LogP contribution < -0.4 is 0 Å². The van der Waals surface area contributed by atoms with Crippen molar-refractivity contribution in [2.75, 3.05) is 7.11 Å². The lowest BCUT2D eigenvalue weighted by Gasteiger charge is -2.06. The van der Waals surface area contributed by atoms with Crippen molar-refractivity contribution in [3.8, 4) is 6.07 Å². The molecule has 0 saturated heterocycles. The van der Waals surface area contributed by atoms with Crippen molar-refractivity contribution in [1.82, 2.24) is 0 Å². The summed E-state index contributed by atoms with van der Waals surface area (Å²) in [6.07, 6.45) is 1.70. The molecule has 0 saturated carbocycles. The lowest BCUT2D eigenvalue weighted by atomic mass is 10.0. The molecule has 0 aliphatic rings. The van der Waals surface area contributed by atoms with E-state index < -0.39 is 11.9 Å². The fourth-order valence-corrected chi connectivity index (χ4v) is 1.32. The molecular formula is C12H10N2O3. The monoisotopic (exact) mass is 230 g/mol. The molecule has 1 rings (SSSR count). The van der Waals surface area contributed by atoms with E-state index in [9.17, 15) is 9.59 Å². The van der Waals surface area contributed by atoms with Crippen molar-refractivity contribution >= 4 is 17.7 Å². The first kappa shape index (κ1) is 12.6. The zero-order valence-electron chi connectivity index (χ0n) is 9.21. The molecule has 1 aromatic rings. The second kappa shape index (κ2) is 6.21. The van der Waals surface area contributed by atoms with Gasteiger partial charge in [0.2, 0.25) is 6.08 Å². The number of aliphatic imine (C=N–C) groups is 1. The van der Waals surface area contributed by atoms with Crippen LogP contribution in [-0.2, 0) is 20.7 Å². The van der Waals surface area contributed by atoms with Gasteiger partial charge in [0.05, 0.1) is 18.9 Å². The number of carbonyl (C=O) groups is 1. The Morgan fingerprint density at radius 1 is 1.47 bits per heavy atom. The fraction of sp³-hybridized carbons (Fsp3) is 0.250. The smallest absolute Gasteiger partial charge is 0.323 e. The van der Waals surface area contributed by atoms with E-state index in [1.54, 1.807) is 24.3 Å². The molecule has 1 atom stereocenters. The number of isocyanates is 1. The van der Waals surface area contributed by atoms with Gasteiger partial charge in [-0.3, -0.25) is 4.79 Å². The topological polar surface area (TPSA) is 79.5 Å². The number of ether oxygens (including phenoxy) is 1. The van der Waals surface area contributed by atoms with Crippen molar-refractivity contribution in [1.29, 1.82) is 5.26 Å². The summed E-state index contributed by atoms with van der Waals surface area (Å²) in [6.45, 7) is 0. The summed E-state index contributed by atoms with van der Waals surface area (Å²) in [5, 5.41) is 8.81. The van der Waals surface area contributed by atoms with Gasteiger partial charge in [0, 0.05) is 0 Å². The molecule has 0 amide bonds. The Morgan fingerprint density at radius 2 is 2.12 bits per heavy atom. The van der Waals surface area contributed by atoms with E-state index in [2.05, 4.69) is 9.73 Å². The minimum atomic E-state index is -0.819. The summed E-state index contributed by atoms with van der Waals surface area (Å²) in [6, 6.07) is 8.51. The van der Waals surface area contributed by atoms with Gasteiger partial charge in [-0.25, -0.2) is 4.79 Å². The lowest BCUT2D eigenvalue weighted by Crippen LogP contribution is -2.16. The average Bonchev–Trinajstić information content (AvgIpc) is 2.37. The molecule has 0 N–H and O–H groups in total. The molecule has 0 aliphatic carbocycles. The highest BCUT2D eigenvalue weighted by atomic mass is 16.5. The minimum Gasteiger partial charge on any atom is -0.468 e. The van der Waals surface area contributed by atoms with E-state index in [4.69, 9.17) is 5.26 Å². The Kier molecular flexibility index (Phi) is 4.61. The molecule has 0 spiro atoms. The van der Waals surface area contributed by atoms with Crippen LogP contribution in [-0.4, -0.2) is 19.2 Å². The number of nitriles is 1. The van der Waals surface area contributed by atoms with Crippen molar-refractivity contribution in [3.63, 3.8) is 0 Å². The number of rotatable bonds is 4. The Morgan fingerprint density at radius 3 is 2.59 bits per heavy atom. The maximum absolute atomic E-state index is 11.2. The van der Waals surface area contributed by atoms with Crippen LogP contribution in [0.15, 0.2) is 29.3 Å². The van der Waals surface area contributed by atoms with Gasteiger partial charge in [-0.2, -0.15) is 10.3 Å². The Bertz CT molecular complexity index is 481. The summed E-state index contributed by atoms with van der Waals surface area (Å²) in [5.74, 6) is -1.37. The summed E-state index contributed by atoms with van der Waals surface area (Å²) >= 11 is 0. The number of hydrogen-bond acceptors (Lipinski definition) is 5. The van der Waals surface area contributed by atoms with Crippen molar-refractivity contribution in [3.05, 3.63) is 29.8 Å². The normalized spacial score (nSPS) is 10.8. The van der Waals surface area contributed by atoms with Gasteiger partial charge in [0.1, 0.15) is 5.92 Å². The van der Waals surface area contributed by atoms with E-state index >= 15 is 0 Å². The van der Waals surface area contributed by atoms with Gasteiger partial charge in [-0.15, -0.1) is 0 Å². The number of nitrogens with zero attached hydrogens (tertiary/aromatic N) is 2. The molecule has 5 nitrogen and oxygen atoms in total. The zero-order valence-corrected chi connectivity index (χ0v) is 9.21. The van der Waals surface area contributed by atoms with Gasteiger partial charge >= 0.3 is 5.97 Å². The number of methoxy groups -OCH3 is 1. The van der Waals surface area contributed by atoms with Gasteiger partial charge in [0.25, 0.3) is 0 Å². The predicted octanol–water partition coefficient (Wildman–Crippen LogP) is 1.51. The van der Waals surface area contributed by atoms with Gasteiger partial charge < -0.3 is 4.74 Å². The third-order valence-electron chi connectivity index (χ3n) is 2.19. The number of hydrogen-bond donors (Lipinski definition) is 0. The van der Waals surface area contributed by atoms with E-state index in [-0.39, 0.29) is 6.42 Å². The fourth-order valence-electron chi connectivity index (χ4n) is 1.32. The molecule has 0 bridgehead atoms. The molecule has 0 fully saturated rings. The third-order valence-corrected chi connectivity index (χ3v) is 2.19. The molecule has 1 unspecified atom stereocenters. The van der Waals surface area contributed by atoms with Crippen LogP contribution in [0.25, 0.3) is 0 Å². The Labute approximate surface area is 98.3 Å². The second-order valence-corrected chi connectivity index (χ2v) is 3.28. The SMILES string of the molecule is COC(=O)C(C#N)Cc1ccc(N=C=O)cc1.